The summed E-state index contributed by atoms with van der Waals surface area (Å²) in [5, 5.41) is 0. The molecule has 0 aliphatic carbocycles. The van der Waals surface area contributed by atoms with Crippen LogP contribution in [0.2, 0.25) is 0 Å². The predicted molar refractivity (Wildman–Crippen MR) is 226 cm³/mol. The van der Waals surface area contributed by atoms with Crippen LogP contribution in [0.25, 0.3) is 0 Å². The van der Waals surface area contributed by atoms with Crippen molar-refractivity contribution in [3.63, 3.8) is 0 Å². The molecule has 340 valence electrons. The van der Waals surface area contributed by atoms with Crippen LogP contribution in [0.3, 0.4) is 0 Å². The molecule has 2 saturated heterocycles. The summed E-state index contributed by atoms with van der Waals surface area (Å²) in [4.78, 5) is 29.3. The number of hydrogen-bond acceptors (Lipinski definition) is 13. The summed E-state index contributed by atoms with van der Waals surface area (Å²) in [6.07, 6.45) is 9.77. The van der Waals surface area contributed by atoms with Crippen molar-refractivity contribution >= 4 is 11.9 Å². The van der Waals surface area contributed by atoms with Crippen molar-refractivity contribution in [1.29, 1.82) is 0 Å². The van der Waals surface area contributed by atoms with E-state index in [1.54, 1.807) is 0 Å². The van der Waals surface area contributed by atoms with E-state index in [0.29, 0.717) is 59.0 Å². The van der Waals surface area contributed by atoms with Crippen molar-refractivity contribution in [3.05, 3.63) is 36.0 Å². The van der Waals surface area contributed by atoms with E-state index in [-0.39, 0.29) is 67.3 Å². The van der Waals surface area contributed by atoms with Gasteiger partial charge in [0.25, 0.3) is 0 Å². The van der Waals surface area contributed by atoms with E-state index < -0.39 is 36.5 Å². The fourth-order valence-electron chi connectivity index (χ4n) is 8.05. The van der Waals surface area contributed by atoms with Gasteiger partial charge in [0.05, 0.1) is 50.6 Å². The van der Waals surface area contributed by atoms with Gasteiger partial charge in [0.2, 0.25) is 0 Å². The van der Waals surface area contributed by atoms with E-state index in [2.05, 4.69) is 26.8 Å². The number of hydrogen-bond donors (Lipinski definition) is 0. The highest BCUT2D eigenvalue weighted by Gasteiger charge is 2.46. The molecule has 3 heterocycles. The van der Waals surface area contributed by atoms with Gasteiger partial charge >= 0.3 is 11.9 Å². The molecule has 59 heavy (non-hydrogen) atoms. The largest absolute Gasteiger partial charge is 0.457 e. The highest BCUT2D eigenvalue weighted by Crippen LogP contribution is 2.38. The molecule has 13 atom stereocenters. The number of ether oxygens (including phenoxy) is 10. The van der Waals surface area contributed by atoms with Gasteiger partial charge in [0.15, 0.2) is 18.9 Å². The molecule has 0 radical (unpaired) electrons. The minimum Gasteiger partial charge on any atom is -0.457 e. The van der Waals surface area contributed by atoms with Crippen molar-refractivity contribution in [2.24, 2.45) is 17.8 Å². The molecule has 0 aromatic heterocycles. The molecule has 2 fully saturated rings. The third kappa shape index (κ3) is 18.0. The maximum atomic E-state index is 13.7. The number of morpholine rings is 1. The first-order chi connectivity index (χ1) is 28.1. The summed E-state index contributed by atoms with van der Waals surface area (Å²) in [6, 6.07) is 0. The molecule has 13 heteroatoms. The first-order valence-corrected chi connectivity index (χ1v) is 22.3. The summed E-state index contributed by atoms with van der Waals surface area (Å²) in [5.74, 6) is -0.491. The summed E-state index contributed by atoms with van der Waals surface area (Å²) >= 11 is 0. The number of epoxide rings is 1. The molecule has 0 aromatic carbocycles. The van der Waals surface area contributed by atoms with Crippen molar-refractivity contribution in [2.75, 3.05) is 52.7 Å². The molecule has 3 aliphatic rings. The van der Waals surface area contributed by atoms with Crippen LogP contribution in [0.15, 0.2) is 36.0 Å². The van der Waals surface area contributed by atoms with Crippen molar-refractivity contribution in [1.82, 2.24) is 4.90 Å². The fraction of sp³-hybridized carbons (Fsp3) is 0.826. The van der Waals surface area contributed by atoms with Crippen molar-refractivity contribution < 1.29 is 57.0 Å². The summed E-state index contributed by atoms with van der Waals surface area (Å²) in [6.45, 7) is 27.9. The smallest absolute Gasteiger partial charge is 0.320 e. The Kier molecular flexibility index (Phi) is 22.8. The second-order valence-electron chi connectivity index (χ2n) is 16.5. The van der Waals surface area contributed by atoms with Crippen LogP contribution in [0, 0.1) is 17.8 Å². The number of carbonyl (C=O) groups is 2. The molecule has 0 amide bonds. The number of esters is 2. The van der Waals surface area contributed by atoms with Crippen LogP contribution in [-0.2, 0) is 57.0 Å². The molecular formula is C46H79NO12. The van der Waals surface area contributed by atoms with Gasteiger partial charge in [0, 0.05) is 44.7 Å². The average molecular weight is 838 g/mol. The van der Waals surface area contributed by atoms with Crippen molar-refractivity contribution in [2.45, 2.75) is 176 Å². The normalized spacial score (nSPS) is 31.3. The molecule has 0 saturated carbocycles. The zero-order valence-corrected chi connectivity index (χ0v) is 38.4. The number of rotatable bonds is 23. The Labute approximate surface area is 355 Å². The molecule has 3 aliphatic heterocycles. The fourth-order valence-corrected chi connectivity index (χ4v) is 8.05. The predicted octanol–water partition coefficient (Wildman–Crippen LogP) is 7.55. The Morgan fingerprint density at radius 2 is 1.63 bits per heavy atom. The molecule has 0 N–H and O–H groups in total. The van der Waals surface area contributed by atoms with Crippen LogP contribution in [0.5, 0.6) is 0 Å². The van der Waals surface area contributed by atoms with Crippen LogP contribution in [0.4, 0.5) is 0 Å². The van der Waals surface area contributed by atoms with E-state index in [1.165, 1.54) is 0 Å². The second-order valence-corrected chi connectivity index (χ2v) is 16.5. The first kappa shape index (κ1) is 51.2. The lowest BCUT2D eigenvalue weighted by atomic mass is 9.88. The molecule has 0 spiro atoms. The SMILES string of the molecule is CCOC(C)OC1CCC(C)(OC(C)OCC)C(OC(=O)CN2CCOCC2)/C=C/C(C)C(C(C)=CC=CC(C)CC2OC2C(C)C(CC)OC(C)OCC)OC(=O)C1. The summed E-state index contributed by atoms with van der Waals surface area (Å²) < 4.78 is 60.4. The Morgan fingerprint density at radius 3 is 2.29 bits per heavy atom. The zero-order chi connectivity index (χ0) is 43.5. The molecule has 13 nitrogen and oxygen atoms in total. The standard InChI is InChI=1S/C46H79NO12/c1-13-39(55-36(10)52-15-3)34(8)45-40(56-45)28-31(5)18-17-19-32(6)44-33(7)20-21-41(57-43(49)30-47-24-26-50-27-25-47)46(12,59-37(11)53-16-4)23-22-38(29-42(48)58-44)54-35(9)51-14-2/h17-21,31,33-41,44-45H,13-16,22-30H2,1-12H3/b18-17?,21-20+,32-19?. The van der Waals surface area contributed by atoms with E-state index in [4.69, 9.17) is 47.4 Å². The Morgan fingerprint density at radius 1 is 0.966 bits per heavy atom. The third-order valence-corrected chi connectivity index (χ3v) is 11.4. The van der Waals surface area contributed by atoms with Gasteiger partial charge in [-0.25, -0.2) is 0 Å². The second kappa shape index (κ2) is 26.3. The van der Waals surface area contributed by atoms with Gasteiger partial charge in [-0.1, -0.05) is 52.0 Å². The highest BCUT2D eigenvalue weighted by molar-refractivity contribution is 5.72. The highest BCUT2D eigenvalue weighted by atomic mass is 16.7. The average Bonchev–Trinajstić information content (AvgIpc) is 3.95. The Balaban J connectivity index is 1.85. The number of nitrogens with zero attached hydrogens (tertiary/aromatic N) is 1. The molecule has 0 bridgehead atoms. The lowest BCUT2D eigenvalue weighted by Crippen LogP contribution is -2.49. The maximum absolute atomic E-state index is 13.7. The van der Waals surface area contributed by atoms with Gasteiger partial charge in [-0.3, -0.25) is 14.5 Å². The van der Waals surface area contributed by atoms with Gasteiger partial charge in [-0.2, -0.15) is 0 Å². The first-order valence-electron chi connectivity index (χ1n) is 22.3. The molecule has 0 aromatic rings. The van der Waals surface area contributed by atoms with Gasteiger partial charge in [-0.15, -0.1) is 0 Å². The monoisotopic (exact) mass is 838 g/mol. The lowest BCUT2D eigenvalue weighted by Gasteiger charge is -2.39. The Hall–Kier alpha value is -2.20. The third-order valence-electron chi connectivity index (χ3n) is 11.4. The molecular weight excluding hydrogens is 759 g/mol. The van der Waals surface area contributed by atoms with Crippen LogP contribution < -0.4 is 0 Å². The molecule has 13 unspecified atom stereocenters. The maximum Gasteiger partial charge on any atom is 0.320 e. The molecule has 3 rings (SSSR count). The van der Waals surface area contributed by atoms with E-state index in [1.807, 2.05) is 91.5 Å². The number of carbonyl (C=O) groups excluding carboxylic acids is 2. The summed E-state index contributed by atoms with van der Waals surface area (Å²) in [5.41, 5.74) is -0.153. The summed E-state index contributed by atoms with van der Waals surface area (Å²) in [7, 11) is 0. The lowest BCUT2D eigenvalue weighted by molar-refractivity contribution is -0.230. The minimum absolute atomic E-state index is 0.0124. The minimum atomic E-state index is -1.03. The quantitative estimate of drug-likeness (QED) is 0.0330. The van der Waals surface area contributed by atoms with E-state index in [9.17, 15) is 9.59 Å². The topological polar surface area (TPSA) is 133 Å². The van der Waals surface area contributed by atoms with E-state index >= 15 is 0 Å². The van der Waals surface area contributed by atoms with Crippen LogP contribution in [-0.4, -0.2) is 131 Å². The van der Waals surface area contributed by atoms with Gasteiger partial charge in [0.1, 0.15) is 17.8 Å². The van der Waals surface area contributed by atoms with E-state index in [0.717, 1.165) is 18.4 Å². The van der Waals surface area contributed by atoms with Gasteiger partial charge in [-0.05, 0) is 98.6 Å². The zero-order valence-electron chi connectivity index (χ0n) is 38.4. The van der Waals surface area contributed by atoms with Crippen LogP contribution >= 0.6 is 0 Å². The van der Waals surface area contributed by atoms with Crippen LogP contribution in [0.1, 0.15) is 115 Å². The number of cyclic esters (lactones) is 1. The number of allylic oxidation sites excluding steroid dienone is 3. The van der Waals surface area contributed by atoms with Gasteiger partial charge < -0.3 is 47.4 Å². The van der Waals surface area contributed by atoms with Crippen molar-refractivity contribution in [3.8, 4) is 0 Å². The Bertz CT molecular complexity index is 1320.